The van der Waals surface area contributed by atoms with E-state index in [1.807, 2.05) is 0 Å². The lowest BCUT2D eigenvalue weighted by Gasteiger charge is -2.49. The number of carboxylic acid groups (broad SMARTS) is 2. The van der Waals surface area contributed by atoms with Gasteiger partial charge in [0.2, 0.25) is 5.16 Å². The number of carbonyl (C=O) groups excluding carboxylic acids is 2. The second kappa shape index (κ2) is 11.8. The molecule has 1 fully saturated rings. The highest BCUT2D eigenvalue weighted by Gasteiger charge is 2.54. The van der Waals surface area contributed by atoms with Crippen molar-refractivity contribution in [3.8, 4) is 0 Å². The van der Waals surface area contributed by atoms with Gasteiger partial charge < -0.3 is 26.1 Å². The van der Waals surface area contributed by atoms with Gasteiger partial charge in [-0.2, -0.15) is 0 Å². The lowest BCUT2D eigenvalue weighted by Crippen LogP contribution is -2.71. The Bertz CT molecular complexity index is 1570. The molecule has 41 heavy (non-hydrogen) atoms. The number of thiophene rings is 1. The molecule has 3 aromatic rings. The number of carbonyl (C=O) groups is 4. The molecule has 3 aromatic heterocycles. The Kier molecular flexibility index (Phi) is 8.24. The first-order chi connectivity index (χ1) is 19.7. The molecule has 16 nitrogen and oxygen atoms in total. The van der Waals surface area contributed by atoms with Crippen LogP contribution in [0, 0.1) is 0 Å². The fourth-order valence-corrected chi connectivity index (χ4v) is 7.49. The number of hydrogen-bond donors (Lipinski definition) is 4. The third kappa shape index (κ3) is 5.76. The second-order valence-corrected chi connectivity index (χ2v) is 12.3. The van der Waals surface area contributed by atoms with Gasteiger partial charge in [0, 0.05) is 23.9 Å². The molecule has 0 saturated carbocycles. The van der Waals surface area contributed by atoms with Gasteiger partial charge in [-0.3, -0.25) is 14.5 Å². The predicted molar refractivity (Wildman–Crippen MR) is 148 cm³/mol. The summed E-state index contributed by atoms with van der Waals surface area (Å²) in [5.74, 6) is -3.58. The summed E-state index contributed by atoms with van der Waals surface area (Å²) in [6, 6.07) is 2.11. The van der Waals surface area contributed by atoms with Crippen LogP contribution in [0.4, 0.5) is 5.13 Å². The molecule has 2 aliphatic rings. The first-order valence-corrected chi connectivity index (χ1v) is 15.2. The molecule has 20 heteroatoms. The molecule has 0 bridgehead atoms. The van der Waals surface area contributed by atoms with Crippen LogP contribution in [0.15, 0.2) is 44.5 Å². The number of carboxylic acids is 2. The number of oxime groups is 1. The molecule has 5 heterocycles. The van der Waals surface area contributed by atoms with Crippen molar-refractivity contribution >= 4 is 80.8 Å². The lowest BCUT2D eigenvalue weighted by atomic mass is 10.0. The van der Waals surface area contributed by atoms with Gasteiger partial charge in [-0.05, 0) is 27.4 Å². The standard InChI is InChI=1S/C21H19N9O7S4/c1-29-21(25-27-28-29)41-6-8-5-39-17-12(16(32)30(17)13(8)18(33)34)24-15(31)11(9-7-40-20(22)23-9)26-37-14(19(35)36)10-3-2-4-38-10/h2-4,7,12,14,17H,5-6H2,1H3,(H2,22,23)(H,24,31)(H,33,34)(H,35,36)/b26-11-/t12?,14?,17-/m0/s1. The van der Waals surface area contributed by atoms with Crippen LogP contribution in [0.2, 0.25) is 0 Å². The fourth-order valence-electron chi connectivity index (χ4n) is 3.86. The smallest absolute Gasteiger partial charge is 0.353 e. The zero-order valence-electron chi connectivity index (χ0n) is 20.7. The molecule has 5 rings (SSSR count). The van der Waals surface area contributed by atoms with E-state index >= 15 is 0 Å². The normalized spacial score (nSPS) is 19.4. The quantitative estimate of drug-likeness (QED) is 0.0965. The summed E-state index contributed by atoms with van der Waals surface area (Å²) in [4.78, 5) is 61.1. The van der Waals surface area contributed by atoms with Crippen LogP contribution in [-0.2, 0) is 31.1 Å². The van der Waals surface area contributed by atoms with Crippen molar-refractivity contribution in [1.29, 1.82) is 0 Å². The number of anilines is 1. The Morgan fingerprint density at radius 2 is 2.15 bits per heavy atom. The van der Waals surface area contributed by atoms with Gasteiger partial charge in [-0.15, -0.1) is 39.5 Å². The molecule has 2 unspecified atom stereocenters. The third-order valence-corrected chi connectivity index (χ3v) is 9.77. The third-order valence-electron chi connectivity index (χ3n) is 5.75. The second-order valence-electron chi connectivity index (χ2n) is 8.34. The zero-order valence-corrected chi connectivity index (χ0v) is 24.0. The average molecular weight is 638 g/mol. The molecule has 3 atom stereocenters. The largest absolute Gasteiger partial charge is 0.478 e. The summed E-state index contributed by atoms with van der Waals surface area (Å²) in [5, 5.41) is 40.0. The number of tetrazole rings is 1. The number of fused-ring (bicyclic) bond motifs is 1. The van der Waals surface area contributed by atoms with Crippen molar-refractivity contribution in [2.24, 2.45) is 12.2 Å². The minimum atomic E-state index is -1.49. The van der Waals surface area contributed by atoms with Gasteiger partial charge in [0.25, 0.3) is 17.9 Å². The molecule has 1 saturated heterocycles. The maximum atomic E-state index is 13.3. The van der Waals surface area contributed by atoms with Crippen molar-refractivity contribution in [2.45, 2.75) is 22.7 Å². The van der Waals surface area contributed by atoms with Gasteiger partial charge >= 0.3 is 11.9 Å². The zero-order chi connectivity index (χ0) is 29.3. The maximum Gasteiger partial charge on any atom is 0.353 e. The molecular weight excluding hydrogens is 619 g/mol. The fraction of sp³-hybridized carbons (Fsp3) is 0.286. The highest BCUT2D eigenvalue weighted by atomic mass is 32.2. The van der Waals surface area contributed by atoms with E-state index in [0.717, 1.165) is 27.6 Å². The van der Waals surface area contributed by atoms with Gasteiger partial charge in [0.1, 0.15) is 22.8 Å². The summed E-state index contributed by atoms with van der Waals surface area (Å²) < 4.78 is 1.45. The Labute approximate surface area is 246 Å². The van der Waals surface area contributed by atoms with E-state index in [2.05, 4.69) is 31.0 Å². The number of thioether (sulfide) groups is 2. The van der Waals surface area contributed by atoms with Crippen LogP contribution in [-0.4, -0.2) is 92.7 Å². The van der Waals surface area contributed by atoms with Crippen LogP contribution < -0.4 is 11.1 Å². The number of nitrogen functional groups attached to an aromatic ring is 1. The van der Waals surface area contributed by atoms with E-state index in [-0.39, 0.29) is 28.0 Å². The van der Waals surface area contributed by atoms with E-state index in [4.69, 9.17) is 10.6 Å². The van der Waals surface area contributed by atoms with Gasteiger partial charge in [0.05, 0.1) is 4.88 Å². The SMILES string of the molecule is Cn1nnnc1SCC1=C(C(=O)O)N2C(=O)C(NC(=O)/C(=N\OC(C(=O)O)c3cccs3)c3csc(N)n3)[C@@H]2SC1. The molecule has 0 radical (unpaired) electrons. The topological polar surface area (TPSA) is 228 Å². The average Bonchev–Trinajstić information content (AvgIpc) is 3.70. The van der Waals surface area contributed by atoms with Crippen molar-refractivity contribution in [3.05, 3.63) is 44.7 Å². The number of rotatable bonds is 11. The molecule has 0 aromatic carbocycles. The Hall–Kier alpha value is -4.01. The number of aromatic nitrogens is 5. The number of nitrogens with one attached hydrogen (secondary N) is 1. The minimum absolute atomic E-state index is 0.0175. The molecule has 0 spiro atoms. The molecule has 2 aliphatic heterocycles. The first-order valence-electron chi connectivity index (χ1n) is 11.4. The van der Waals surface area contributed by atoms with Crippen molar-refractivity contribution in [3.63, 3.8) is 0 Å². The van der Waals surface area contributed by atoms with E-state index in [1.165, 1.54) is 33.6 Å². The monoisotopic (exact) mass is 637 g/mol. The first kappa shape index (κ1) is 28.5. The number of hydrogen-bond acceptors (Lipinski definition) is 15. The van der Waals surface area contributed by atoms with Crippen LogP contribution >= 0.6 is 46.2 Å². The van der Waals surface area contributed by atoms with E-state index in [9.17, 15) is 29.4 Å². The number of amides is 2. The molecule has 0 aliphatic carbocycles. The summed E-state index contributed by atoms with van der Waals surface area (Å²) in [5.41, 5.74) is 5.69. The van der Waals surface area contributed by atoms with E-state index in [1.54, 1.807) is 24.6 Å². The Morgan fingerprint density at radius 1 is 1.34 bits per heavy atom. The van der Waals surface area contributed by atoms with Crippen molar-refractivity contribution in [1.82, 2.24) is 35.4 Å². The lowest BCUT2D eigenvalue weighted by molar-refractivity contribution is -0.151. The van der Waals surface area contributed by atoms with Crippen molar-refractivity contribution < 1.29 is 34.2 Å². The predicted octanol–water partition coefficient (Wildman–Crippen LogP) is 0.388. The van der Waals surface area contributed by atoms with Crippen LogP contribution in [0.1, 0.15) is 16.7 Å². The number of aryl methyl sites for hydroxylation is 1. The summed E-state index contributed by atoms with van der Waals surface area (Å²) in [6.07, 6.45) is -1.49. The number of thiazole rings is 1. The number of nitrogens with two attached hydrogens (primary N) is 1. The van der Waals surface area contributed by atoms with Crippen LogP contribution in [0.5, 0.6) is 0 Å². The molecular formula is C21H19N9O7S4. The van der Waals surface area contributed by atoms with E-state index < -0.39 is 47.0 Å². The number of nitrogens with zero attached hydrogens (tertiary/aromatic N) is 7. The number of β-lactam (4-membered cyclic amide) rings is 1. The Morgan fingerprint density at radius 3 is 2.76 bits per heavy atom. The molecule has 2 amide bonds. The van der Waals surface area contributed by atoms with Crippen LogP contribution in [0.3, 0.4) is 0 Å². The maximum absolute atomic E-state index is 13.3. The molecule has 5 N–H and O–H groups in total. The minimum Gasteiger partial charge on any atom is -0.478 e. The Balaban J connectivity index is 1.34. The molecule has 214 valence electrons. The van der Waals surface area contributed by atoms with Crippen molar-refractivity contribution in [2.75, 3.05) is 17.2 Å². The van der Waals surface area contributed by atoms with Crippen LogP contribution in [0.25, 0.3) is 0 Å². The summed E-state index contributed by atoms with van der Waals surface area (Å²) in [7, 11) is 1.65. The summed E-state index contributed by atoms with van der Waals surface area (Å²) >= 11 is 4.68. The van der Waals surface area contributed by atoms with E-state index in [0.29, 0.717) is 15.6 Å². The highest BCUT2D eigenvalue weighted by Crippen LogP contribution is 2.41. The highest BCUT2D eigenvalue weighted by molar-refractivity contribution is 8.01. The van der Waals surface area contributed by atoms with Gasteiger partial charge in [-0.1, -0.05) is 23.0 Å². The van der Waals surface area contributed by atoms with Gasteiger partial charge in [-0.25, -0.2) is 19.3 Å². The number of aliphatic carboxylic acids is 2. The van der Waals surface area contributed by atoms with Gasteiger partial charge in [0.15, 0.2) is 10.8 Å². The summed E-state index contributed by atoms with van der Waals surface area (Å²) in [6.45, 7) is 0.